The van der Waals surface area contributed by atoms with Gasteiger partial charge in [-0.25, -0.2) is 13.1 Å². The van der Waals surface area contributed by atoms with E-state index in [1.807, 2.05) is 72.8 Å². The fraction of sp³-hybridized carbons (Fsp3) is 0.279. The quantitative estimate of drug-likeness (QED) is 0.0626. The molecule has 2 aliphatic heterocycles. The summed E-state index contributed by atoms with van der Waals surface area (Å²) in [5.74, 6) is -0.214. The van der Waals surface area contributed by atoms with Crippen LogP contribution < -0.4 is 14.9 Å². The molecule has 58 heavy (non-hydrogen) atoms. The summed E-state index contributed by atoms with van der Waals surface area (Å²) in [5.41, 5.74) is 4.42. The van der Waals surface area contributed by atoms with Crippen LogP contribution in [0.15, 0.2) is 131 Å². The lowest BCUT2D eigenvalue weighted by Gasteiger charge is -2.36. The number of carbonyl (C=O) groups is 1. The molecule has 1 atom stereocenters. The highest BCUT2D eigenvalue weighted by Crippen LogP contribution is 2.31. The van der Waals surface area contributed by atoms with Gasteiger partial charge in [-0.15, -0.1) is 11.8 Å². The molecule has 302 valence electrons. The van der Waals surface area contributed by atoms with Gasteiger partial charge in [-0.05, 0) is 77.4 Å². The van der Waals surface area contributed by atoms with E-state index in [0.717, 1.165) is 68.0 Å². The predicted molar refractivity (Wildman–Crippen MR) is 230 cm³/mol. The highest BCUT2D eigenvalue weighted by molar-refractivity contribution is 7.99. The monoisotopic (exact) mass is 840 g/mol. The number of carbonyl (C=O) groups excluding carboxylic acids is 1. The third kappa shape index (κ3) is 10.7. The zero-order valence-corrected chi connectivity index (χ0v) is 34.2. The molecular weight excluding hydrogens is 796 g/mol. The van der Waals surface area contributed by atoms with Crippen LogP contribution in [0, 0.1) is 10.1 Å². The van der Waals surface area contributed by atoms with Gasteiger partial charge in [0.15, 0.2) is 0 Å². The number of morpholine rings is 1. The van der Waals surface area contributed by atoms with E-state index in [2.05, 4.69) is 42.9 Å². The summed E-state index contributed by atoms with van der Waals surface area (Å²) in [6.45, 7) is 7.40. The zero-order valence-electron chi connectivity index (χ0n) is 31.8. The first-order chi connectivity index (χ1) is 28.1. The van der Waals surface area contributed by atoms with Crippen LogP contribution in [-0.2, 0) is 21.3 Å². The number of amides is 1. The summed E-state index contributed by atoms with van der Waals surface area (Å²) < 4.78 is 34.4. The van der Waals surface area contributed by atoms with Crippen molar-refractivity contribution in [2.24, 2.45) is 0 Å². The van der Waals surface area contributed by atoms with Gasteiger partial charge in [0.25, 0.3) is 21.6 Å². The Labute approximate surface area is 348 Å². The molecule has 5 aromatic rings. The van der Waals surface area contributed by atoms with E-state index >= 15 is 0 Å². The normalized spacial score (nSPS) is 15.8. The molecule has 7 rings (SSSR count). The molecular formula is C43H45ClN6O6S2. The number of sulfonamides is 1. The summed E-state index contributed by atoms with van der Waals surface area (Å²) in [6.07, 6.45) is 0. The molecule has 0 radical (unpaired) electrons. The summed E-state index contributed by atoms with van der Waals surface area (Å²) in [6, 6.07) is 36.4. The van der Waals surface area contributed by atoms with Crippen LogP contribution >= 0.6 is 23.4 Å². The molecule has 0 spiro atoms. The lowest BCUT2D eigenvalue weighted by atomic mass is 9.99. The molecule has 1 amide bonds. The molecule has 2 fully saturated rings. The standard InChI is InChI=1S/C43H45ClN6O6S2/c44-35-14-10-32(11-15-35)40-9-5-4-6-34(40)29-47-20-22-49(23-21-47)37-16-12-33(13-17-37)43(51)46-58(54,55)39-18-19-41(42(28-39)50(52)53)45-36(30-48-24-26-56-27-25-48)31-57-38-7-2-1-3-8-38/h1-19,28,36,45H,20-27,29-31H2,(H,46,51)/t36-/m1/s1. The number of hydrogen-bond acceptors (Lipinski definition) is 11. The molecule has 0 saturated carbocycles. The second-order valence-corrected chi connectivity index (χ2v) is 17.4. The number of ether oxygens (including phenoxy) is 1. The van der Waals surface area contributed by atoms with Gasteiger partial charge in [-0.2, -0.15) is 0 Å². The van der Waals surface area contributed by atoms with Gasteiger partial charge in [0.2, 0.25) is 0 Å². The molecule has 12 nitrogen and oxygen atoms in total. The largest absolute Gasteiger partial charge is 0.379 e. The van der Waals surface area contributed by atoms with Crippen LogP contribution in [0.1, 0.15) is 15.9 Å². The van der Waals surface area contributed by atoms with E-state index in [1.54, 1.807) is 23.9 Å². The SMILES string of the molecule is O=C(NS(=O)(=O)c1ccc(N[C@@H](CSc2ccccc2)CN2CCOCC2)c([N+](=O)[O-])c1)c1ccc(N2CCN(Cc3ccccc3-c3ccc(Cl)cc3)CC2)cc1. The minimum Gasteiger partial charge on any atom is -0.379 e. The summed E-state index contributed by atoms with van der Waals surface area (Å²) in [4.78, 5) is 32.5. The number of nitrogens with zero attached hydrogens (tertiary/aromatic N) is 4. The maximum absolute atomic E-state index is 13.4. The Hall–Kier alpha value is -4.96. The van der Waals surface area contributed by atoms with Crippen molar-refractivity contribution in [3.8, 4) is 11.1 Å². The fourth-order valence-electron chi connectivity index (χ4n) is 7.16. The van der Waals surface area contributed by atoms with Crippen molar-refractivity contribution in [1.29, 1.82) is 0 Å². The van der Waals surface area contributed by atoms with Gasteiger partial charge in [-0.3, -0.25) is 24.7 Å². The molecule has 0 unspecified atom stereocenters. The van der Waals surface area contributed by atoms with Crippen molar-refractivity contribution in [2.75, 3.05) is 75.0 Å². The highest BCUT2D eigenvalue weighted by Gasteiger charge is 2.27. The summed E-state index contributed by atoms with van der Waals surface area (Å²) in [5, 5.41) is 16.3. The molecule has 2 N–H and O–H groups in total. The number of anilines is 2. The molecule has 2 saturated heterocycles. The van der Waals surface area contributed by atoms with Crippen LogP contribution in [0.5, 0.6) is 0 Å². The Morgan fingerprint density at radius 2 is 1.52 bits per heavy atom. The van der Waals surface area contributed by atoms with E-state index < -0.39 is 26.5 Å². The smallest absolute Gasteiger partial charge is 0.293 e. The van der Waals surface area contributed by atoms with Crippen LogP contribution in [0.2, 0.25) is 5.02 Å². The number of nitrogens with one attached hydrogen (secondary N) is 2. The van der Waals surface area contributed by atoms with E-state index in [1.165, 1.54) is 23.3 Å². The topological polar surface area (TPSA) is 137 Å². The number of halogens is 1. The molecule has 2 aliphatic rings. The zero-order chi connectivity index (χ0) is 40.5. The van der Waals surface area contributed by atoms with Crippen molar-refractivity contribution in [2.45, 2.75) is 22.4 Å². The minimum absolute atomic E-state index is 0.152. The van der Waals surface area contributed by atoms with E-state index in [0.29, 0.717) is 30.5 Å². The summed E-state index contributed by atoms with van der Waals surface area (Å²) >= 11 is 7.75. The van der Waals surface area contributed by atoms with Gasteiger partial charge in [-0.1, -0.05) is 66.2 Å². The molecule has 5 aromatic carbocycles. The van der Waals surface area contributed by atoms with Crippen molar-refractivity contribution >= 4 is 56.4 Å². The summed E-state index contributed by atoms with van der Waals surface area (Å²) in [7, 11) is -4.44. The Morgan fingerprint density at radius 1 is 0.828 bits per heavy atom. The van der Waals surface area contributed by atoms with E-state index in [-0.39, 0.29) is 22.2 Å². The Bertz CT molecular complexity index is 2290. The Morgan fingerprint density at radius 3 is 2.22 bits per heavy atom. The van der Waals surface area contributed by atoms with Crippen LogP contribution in [0.4, 0.5) is 17.1 Å². The number of piperazine rings is 1. The Balaban J connectivity index is 0.963. The van der Waals surface area contributed by atoms with E-state index in [9.17, 15) is 23.3 Å². The van der Waals surface area contributed by atoms with Gasteiger partial charge >= 0.3 is 0 Å². The van der Waals surface area contributed by atoms with Gasteiger partial charge in [0.05, 0.1) is 23.0 Å². The average Bonchev–Trinajstić information content (AvgIpc) is 3.24. The second-order valence-electron chi connectivity index (χ2n) is 14.2. The number of nitro benzene ring substituents is 1. The average molecular weight is 841 g/mol. The maximum Gasteiger partial charge on any atom is 0.293 e. The van der Waals surface area contributed by atoms with Crippen LogP contribution in [-0.4, -0.2) is 99.9 Å². The molecule has 2 heterocycles. The van der Waals surface area contributed by atoms with Crippen molar-refractivity contribution < 1.29 is 22.9 Å². The number of benzene rings is 5. The first kappa shape index (κ1) is 41.2. The minimum atomic E-state index is -4.44. The number of hydrogen-bond donors (Lipinski definition) is 2. The molecule has 0 aromatic heterocycles. The predicted octanol–water partition coefficient (Wildman–Crippen LogP) is 7.26. The van der Waals surface area contributed by atoms with Crippen LogP contribution in [0.25, 0.3) is 11.1 Å². The second kappa shape index (κ2) is 19.2. The number of thioether (sulfide) groups is 1. The first-order valence-corrected chi connectivity index (χ1v) is 22.0. The van der Waals surface area contributed by atoms with Crippen molar-refractivity contribution in [3.63, 3.8) is 0 Å². The lowest BCUT2D eigenvalue weighted by molar-refractivity contribution is -0.384. The van der Waals surface area contributed by atoms with Gasteiger partial charge < -0.3 is 15.0 Å². The maximum atomic E-state index is 13.4. The number of rotatable bonds is 15. The van der Waals surface area contributed by atoms with Crippen molar-refractivity contribution in [3.05, 3.63) is 148 Å². The molecule has 0 aliphatic carbocycles. The third-order valence-electron chi connectivity index (χ3n) is 10.3. The first-order valence-electron chi connectivity index (χ1n) is 19.1. The third-order valence-corrected chi connectivity index (χ3v) is 13.0. The number of nitro groups is 1. The van der Waals surface area contributed by atoms with Crippen molar-refractivity contribution in [1.82, 2.24) is 14.5 Å². The molecule has 15 heteroatoms. The van der Waals surface area contributed by atoms with E-state index in [4.69, 9.17) is 16.3 Å². The van der Waals surface area contributed by atoms with Gasteiger partial charge in [0.1, 0.15) is 5.69 Å². The Kier molecular flexibility index (Phi) is 13.6. The highest BCUT2D eigenvalue weighted by atomic mass is 35.5. The van der Waals surface area contributed by atoms with Gasteiger partial charge in [0, 0.05) is 91.4 Å². The van der Waals surface area contributed by atoms with Crippen LogP contribution in [0.3, 0.4) is 0 Å². The molecule has 0 bridgehead atoms. The lowest BCUT2D eigenvalue weighted by Crippen LogP contribution is -2.46. The fourth-order valence-corrected chi connectivity index (χ4v) is 9.21.